The van der Waals surface area contributed by atoms with Crippen LogP contribution in [0.1, 0.15) is 5.56 Å². The van der Waals surface area contributed by atoms with E-state index in [0.717, 1.165) is 17.7 Å². The van der Waals surface area contributed by atoms with Gasteiger partial charge >= 0.3 is 6.03 Å². The number of hydrogen-bond acceptors (Lipinski definition) is 2. The van der Waals surface area contributed by atoms with Crippen LogP contribution in [0.3, 0.4) is 0 Å². The van der Waals surface area contributed by atoms with E-state index in [1.807, 2.05) is 6.07 Å². The summed E-state index contributed by atoms with van der Waals surface area (Å²) in [7, 11) is 1.55. The summed E-state index contributed by atoms with van der Waals surface area (Å²) in [6, 6.07) is 9.77. The molecule has 0 saturated carbocycles. The van der Waals surface area contributed by atoms with E-state index < -0.39 is 23.4 Å². The second-order valence-corrected chi connectivity index (χ2v) is 4.31. The summed E-state index contributed by atoms with van der Waals surface area (Å²) in [5.41, 5.74) is 0.312. The van der Waals surface area contributed by atoms with Gasteiger partial charge in [0.2, 0.25) is 0 Å². The van der Waals surface area contributed by atoms with Gasteiger partial charge in [-0.2, -0.15) is 0 Å². The van der Waals surface area contributed by atoms with Gasteiger partial charge in [0.05, 0.1) is 7.11 Å². The fraction of sp³-hybridized carbons (Fsp3) is 0.0625. The highest BCUT2D eigenvalue weighted by Crippen LogP contribution is 2.17. The molecule has 22 heavy (non-hydrogen) atoms. The van der Waals surface area contributed by atoms with Gasteiger partial charge in [-0.25, -0.2) is 13.6 Å². The van der Waals surface area contributed by atoms with Crippen molar-refractivity contribution in [2.75, 3.05) is 12.4 Å². The minimum atomic E-state index is -0.841. The Bertz CT molecular complexity index is 682. The lowest BCUT2D eigenvalue weighted by Crippen LogP contribution is -2.24. The first-order valence-corrected chi connectivity index (χ1v) is 6.42. The van der Waals surface area contributed by atoms with Crippen LogP contribution in [0.25, 0.3) is 6.08 Å². The molecule has 2 aromatic rings. The molecule has 0 aliphatic rings. The number of para-hydroxylation sites is 1. The van der Waals surface area contributed by atoms with Gasteiger partial charge in [-0.15, -0.1) is 0 Å². The van der Waals surface area contributed by atoms with Crippen LogP contribution in [-0.4, -0.2) is 13.1 Å². The summed E-state index contributed by atoms with van der Waals surface area (Å²) in [4.78, 5) is 11.6. The summed E-state index contributed by atoms with van der Waals surface area (Å²) in [6.07, 6.45) is 2.99. The fourth-order valence-corrected chi connectivity index (χ4v) is 1.73. The molecule has 0 aliphatic heterocycles. The number of carbonyl (C=O) groups is 1. The molecule has 0 bridgehead atoms. The van der Waals surface area contributed by atoms with Crippen LogP contribution in [-0.2, 0) is 0 Å². The Morgan fingerprint density at radius 3 is 2.50 bits per heavy atom. The third-order valence-corrected chi connectivity index (χ3v) is 2.79. The maximum absolute atomic E-state index is 13.4. The Morgan fingerprint density at radius 2 is 1.82 bits per heavy atom. The molecule has 0 heterocycles. The highest BCUT2D eigenvalue weighted by atomic mass is 19.1. The lowest BCUT2D eigenvalue weighted by molar-refractivity contribution is 0.255. The van der Waals surface area contributed by atoms with E-state index in [2.05, 4.69) is 10.6 Å². The van der Waals surface area contributed by atoms with E-state index in [4.69, 9.17) is 4.74 Å². The van der Waals surface area contributed by atoms with Gasteiger partial charge in [0, 0.05) is 6.20 Å². The van der Waals surface area contributed by atoms with Crippen LogP contribution >= 0.6 is 0 Å². The normalized spacial score (nSPS) is 10.5. The van der Waals surface area contributed by atoms with Crippen molar-refractivity contribution in [3.8, 4) is 5.75 Å². The molecule has 0 aliphatic carbocycles. The Morgan fingerprint density at radius 1 is 1.14 bits per heavy atom. The number of urea groups is 1. The van der Waals surface area contributed by atoms with Crippen molar-refractivity contribution >= 4 is 17.8 Å². The Hall–Kier alpha value is -2.89. The van der Waals surface area contributed by atoms with Crippen molar-refractivity contribution in [3.05, 3.63) is 65.9 Å². The number of ether oxygens (including phenoxy) is 1. The first-order chi connectivity index (χ1) is 10.6. The fourth-order valence-electron chi connectivity index (χ4n) is 1.73. The molecule has 6 heteroatoms. The Labute approximate surface area is 126 Å². The monoisotopic (exact) mass is 304 g/mol. The van der Waals surface area contributed by atoms with Gasteiger partial charge in [-0.1, -0.05) is 18.2 Å². The maximum atomic E-state index is 13.4. The van der Waals surface area contributed by atoms with Crippen molar-refractivity contribution < 1.29 is 18.3 Å². The minimum Gasteiger partial charge on any atom is -0.497 e. The number of hydrogen-bond donors (Lipinski definition) is 2. The van der Waals surface area contributed by atoms with Gasteiger partial charge in [-0.05, 0) is 35.9 Å². The topological polar surface area (TPSA) is 50.4 Å². The summed E-state index contributed by atoms with van der Waals surface area (Å²) in [5.74, 6) is -1.00. The van der Waals surface area contributed by atoms with Crippen LogP contribution in [0.5, 0.6) is 5.75 Å². The van der Waals surface area contributed by atoms with Crippen LogP contribution in [0.4, 0.5) is 19.3 Å². The predicted octanol–water partition coefficient (Wildman–Crippen LogP) is 3.77. The third-order valence-electron chi connectivity index (χ3n) is 2.79. The predicted molar refractivity (Wildman–Crippen MR) is 80.5 cm³/mol. The Kier molecular flexibility index (Phi) is 5.08. The van der Waals surface area contributed by atoms with E-state index >= 15 is 0 Å². The second kappa shape index (κ2) is 7.21. The quantitative estimate of drug-likeness (QED) is 0.903. The SMILES string of the molecule is COc1cccc(/C=C/NC(=O)Nc2c(F)cccc2F)c1. The molecule has 0 saturated heterocycles. The second-order valence-electron chi connectivity index (χ2n) is 4.31. The van der Waals surface area contributed by atoms with Crippen LogP contribution < -0.4 is 15.4 Å². The van der Waals surface area contributed by atoms with Crippen LogP contribution in [0, 0.1) is 11.6 Å². The molecular weight excluding hydrogens is 290 g/mol. The van der Waals surface area contributed by atoms with Gasteiger partial charge in [0.15, 0.2) is 0 Å². The van der Waals surface area contributed by atoms with Crippen LogP contribution in [0.2, 0.25) is 0 Å². The smallest absolute Gasteiger partial charge is 0.323 e. The standard InChI is InChI=1S/C16H14F2N2O2/c1-22-12-5-2-4-11(10-12)8-9-19-16(21)20-15-13(17)6-3-7-14(15)18/h2-10H,1H3,(H2,19,20,21)/b9-8+. The van der Waals surface area contributed by atoms with E-state index in [-0.39, 0.29) is 0 Å². The van der Waals surface area contributed by atoms with Crippen molar-refractivity contribution in [3.63, 3.8) is 0 Å². The van der Waals surface area contributed by atoms with Crippen molar-refractivity contribution in [2.45, 2.75) is 0 Å². The average molecular weight is 304 g/mol. The van der Waals surface area contributed by atoms with Crippen molar-refractivity contribution in [2.24, 2.45) is 0 Å². The zero-order valence-corrected chi connectivity index (χ0v) is 11.8. The van der Waals surface area contributed by atoms with Crippen LogP contribution in [0.15, 0.2) is 48.7 Å². The molecule has 2 N–H and O–H groups in total. The van der Waals surface area contributed by atoms with E-state index in [1.54, 1.807) is 31.4 Å². The first kappa shape index (κ1) is 15.5. The summed E-state index contributed by atoms with van der Waals surface area (Å²) >= 11 is 0. The number of nitrogens with one attached hydrogen (secondary N) is 2. The molecule has 0 fully saturated rings. The molecule has 0 aromatic heterocycles. The number of carbonyl (C=O) groups excluding carboxylic acids is 1. The van der Waals surface area contributed by atoms with Crippen molar-refractivity contribution in [1.82, 2.24) is 5.32 Å². The molecule has 4 nitrogen and oxygen atoms in total. The molecule has 2 aromatic carbocycles. The summed E-state index contributed by atoms with van der Waals surface area (Å²) < 4.78 is 31.8. The highest BCUT2D eigenvalue weighted by molar-refractivity contribution is 5.90. The summed E-state index contributed by atoms with van der Waals surface area (Å²) in [6.45, 7) is 0. The summed E-state index contributed by atoms with van der Waals surface area (Å²) in [5, 5.41) is 4.48. The van der Waals surface area contributed by atoms with Gasteiger partial charge in [-0.3, -0.25) is 0 Å². The van der Waals surface area contributed by atoms with Gasteiger partial charge in [0.1, 0.15) is 23.1 Å². The first-order valence-electron chi connectivity index (χ1n) is 6.42. The molecular formula is C16H14F2N2O2. The number of anilines is 1. The Balaban J connectivity index is 1.96. The lowest BCUT2D eigenvalue weighted by atomic mass is 10.2. The maximum Gasteiger partial charge on any atom is 0.323 e. The largest absolute Gasteiger partial charge is 0.497 e. The zero-order chi connectivity index (χ0) is 15.9. The highest BCUT2D eigenvalue weighted by Gasteiger charge is 2.10. The molecule has 0 atom stereocenters. The molecule has 0 spiro atoms. The van der Waals surface area contributed by atoms with Gasteiger partial charge in [0.25, 0.3) is 0 Å². The zero-order valence-electron chi connectivity index (χ0n) is 11.8. The minimum absolute atomic E-state index is 0.491. The number of methoxy groups -OCH3 is 1. The molecule has 114 valence electrons. The number of amides is 2. The number of benzene rings is 2. The van der Waals surface area contributed by atoms with E-state index in [0.29, 0.717) is 5.75 Å². The molecule has 2 amide bonds. The third kappa shape index (κ3) is 4.05. The molecule has 2 rings (SSSR count). The van der Waals surface area contributed by atoms with E-state index in [1.165, 1.54) is 12.3 Å². The molecule has 0 unspecified atom stereocenters. The number of rotatable bonds is 4. The molecule has 0 radical (unpaired) electrons. The van der Waals surface area contributed by atoms with Crippen molar-refractivity contribution in [1.29, 1.82) is 0 Å². The van der Waals surface area contributed by atoms with Gasteiger partial charge < -0.3 is 15.4 Å². The lowest BCUT2D eigenvalue weighted by Gasteiger charge is -2.06. The van der Waals surface area contributed by atoms with E-state index in [9.17, 15) is 13.6 Å². The number of halogens is 2. The average Bonchev–Trinajstić information content (AvgIpc) is 2.51.